The number of nitrogens with one attached hydrogen (secondary N) is 2. The molecular weight excluding hydrogens is 1910 g/mol. The molecule has 0 atom stereocenters. The molecule has 0 saturated heterocycles. The van der Waals surface area contributed by atoms with Crippen LogP contribution in [0.3, 0.4) is 0 Å². The van der Waals surface area contributed by atoms with Gasteiger partial charge in [0.15, 0.2) is 0 Å². The van der Waals surface area contributed by atoms with Crippen molar-refractivity contribution in [3.8, 4) is 0 Å². The number of ether oxygens (including phenoxy) is 19. The molecule has 0 fully saturated rings. The van der Waals surface area contributed by atoms with Crippen LogP contribution >= 0.6 is 0 Å². The number of rotatable bonds is 53. The first-order chi connectivity index (χ1) is 51.8. The highest BCUT2D eigenvalue weighted by molar-refractivity contribution is 5.87. The lowest BCUT2D eigenvalue weighted by atomic mass is 10.4. The van der Waals surface area contributed by atoms with Crippen LogP contribution in [0.1, 0.15) is 13.8 Å². The smallest absolute Gasteiger partial charge is 0.460 e. The zero-order valence-corrected chi connectivity index (χ0v) is 53.5. The van der Waals surface area contributed by atoms with Crippen molar-refractivity contribution >= 4 is 23.8 Å². The summed E-state index contributed by atoms with van der Waals surface area (Å²) >= 11 is 0. The fraction of sp³-hybridized carbons (Fsp3) is 0.805. The van der Waals surface area contributed by atoms with Gasteiger partial charge in [0.2, 0.25) is 0 Å². The Morgan fingerprint density at radius 1 is 0.200 bits per heavy atom. The average Bonchev–Trinajstić information content (AvgIpc) is 0.744. The van der Waals surface area contributed by atoms with Crippen LogP contribution in [0.5, 0.6) is 0 Å². The van der Waals surface area contributed by atoms with Gasteiger partial charge in [-0.15, -0.1) is 61.5 Å². The molecule has 0 bridgehead atoms. The Kier molecular flexibility index (Phi) is 33.1. The van der Waals surface area contributed by atoms with Crippen LogP contribution < -0.4 is 10.6 Å². The molecule has 0 aromatic carbocycles. The van der Waals surface area contributed by atoms with Gasteiger partial charge in [-0.2, -0.15) is 176 Å². The van der Waals surface area contributed by atoms with Crippen molar-refractivity contribution in [2.24, 2.45) is 0 Å². The molecule has 710 valence electrons. The summed E-state index contributed by atoms with van der Waals surface area (Å²) in [6.45, 7) is 2.46. The molecule has 2 N–H and O–H groups in total. The lowest BCUT2D eigenvalue weighted by Gasteiger charge is -2.37. The number of carbonyl (C=O) groups excluding carboxylic acids is 4. The van der Waals surface area contributed by atoms with Crippen molar-refractivity contribution in [3.05, 3.63) is 24.3 Å². The molecule has 0 aliphatic heterocycles. The van der Waals surface area contributed by atoms with Gasteiger partial charge in [0.05, 0.1) is 13.1 Å². The average molecular weight is 1930 g/mol. The van der Waals surface area contributed by atoms with Gasteiger partial charge in [0, 0.05) is 11.1 Å². The summed E-state index contributed by atoms with van der Waals surface area (Å²) in [7, 11) is 0. The van der Waals surface area contributed by atoms with Crippen molar-refractivity contribution in [1.29, 1.82) is 0 Å². The molecular formula is C41H20F54N2O23. The zero-order valence-electron chi connectivity index (χ0n) is 53.5. The Hall–Kier alpha value is -7.10. The van der Waals surface area contributed by atoms with Crippen molar-refractivity contribution in [2.75, 3.05) is 26.3 Å². The number of hydrogen-bond donors (Lipinski definition) is 2. The van der Waals surface area contributed by atoms with Crippen molar-refractivity contribution < 1.29 is 346 Å². The minimum atomic E-state index is -9.00. The molecule has 0 aromatic rings. The van der Waals surface area contributed by atoms with Crippen LogP contribution in [-0.4, -0.2) is 216 Å². The van der Waals surface area contributed by atoms with E-state index in [1.165, 1.54) is 23.7 Å². The third-order valence-corrected chi connectivity index (χ3v) is 9.74. The maximum absolute atomic E-state index is 14.0. The highest BCUT2D eigenvalue weighted by atomic mass is 19.4. The maximum Gasteiger partial charge on any atom is 0.498 e. The molecule has 0 heterocycles. The summed E-state index contributed by atoms with van der Waals surface area (Å²) in [5, 5.41) is 1.55. The molecule has 2 amide bonds. The predicted octanol–water partition coefficient (Wildman–Crippen LogP) is 15.4. The van der Waals surface area contributed by atoms with Crippen LogP contribution in [0, 0.1) is 0 Å². The Morgan fingerprint density at radius 3 is 0.483 bits per heavy atom. The second kappa shape index (κ2) is 35.1. The monoisotopic (exact) mass is 1930 g/mol. The zero-order chi connectivity index (χ0) is 96.6. The fourth-order valence-corrected chi connectivity index (χ4v) is 4.95. The molecule has 25 nitrogen and oxygen atoms in total. The van der Waals surface area contributed by atoms with Crippen LogP contribution in [0.4, 0.5) is 237 Å². The van der Waals surface area contributed by atoms with E-state index in [2.05, 4.69) is 27.4 Å². The van der Waals surface area contributed by atoms with E-state index in [1.54, 1.807) is 9.47 Å². The van der Waals surface area contributed by atoms with E-state index >= 15 is 0 Å². The van der Waals surface area contributed by atoms with E-state index in [0.717, 1.165) is 57.1 Å². The molecule has 0 aliphatic rings. The van der Waals surface area contributed by atoms with E-state index in [0.29, 0.717) is 5.32 Å². The standard InChI is InChI=1S/C41H20F54N2O23/c1-9(2)11(98)102-7-5-96-13(100)15(42,43)104-17(46,47)18(48,49)106-19(50,51)20(52,53)107-21(54,55)22(56,57)108-23(58,59)24(60,61)109-25(62,63)26(64,65)110-27(66,67)28(68,69)111-29(70,71)30(72,73)112-31(74,75)32(76,77)113-33(78,79)34(80,81)114-36(84,85)116-38(88,89)118-40(92,93)120-41(94,95)119-39(90,91)117-37(86,87)115-35(82,83)105-16(44,45)14(101)97-6-8-103-12(99)10(3)4/h1,3,5-8H2,2,4H3,(H,96,100)(H,97,101). The van der Waals surface area contributed by atoms with Gasteiger partial charge in [0.25, 0.3) is 0 Å². The van der Waals surface area contributed by atoms with Gasteiger partial charge in [0.1, 0.15) is 13.2 Å². The Balaban J connectivity index is 6.50. The van der Waals surface area contributed by atoms with Crippen LogP contribution in [-0.2, 0) is 109 Å². The molecule has 79 heteroatoms. The molecule has 0 rings (SSSR count). The van der Waals surface area contributed by atoms with Crippen LogP contribution in [0.2, 0.25) is 0 Å². The fourth-order valence-electron chi connectivity index (χ4n) is 4.95. The van der Waals surface area contributed by atoms with Gasteiger partial charge < -0.3 is 20.1 Å². The van der Waals surface area contributed by atoms with E-state index in [9.17, 15) is 256 Å². The summed E-state index contributed by atoms with van der Waals surface area (Å²) in [6.07, 6.45) is -224. The minimum absolute atomic E-state index is 0.417. The van der Waals surface area contributed by atoms with E-state index in [4.69, 9.17) is 0 Å². The van der Waals surface area contributed by atoms with Crippen LogP contribution in [0.25, 0.3) is 0 Å². The van der Waals surface area contributed by atoms with Crippen LogP contribution in [0.15, 0.2) is 24.3 Å². The van der Waals surface area contributed by atoms with Crippen molar-refractivity contribution in [2.45, 2.75) is 180 Å². The van der Waals surface area contributed by atoms with Gasteiger partial charge in [-0.3, -0.25) is 9.59 Å². The number of esters is 2. The van der Waals surface area contributed by atoms with Crippen molar-refractivity contribution in [1.82, 2.24) is 10.6 Å². The van der Waals surface area contributed by atoms with E-state index in [1.807, 2.05) is 4.74 Å². The normalized spacial score (nSPS) is 15.6. The molecule has 0 aromatic heterocycles. The lowest BCUT2D eigenvalue weighted by Crippen LogP contribution is -2.63. The molecule has 0 spiro atoms. The summed E-state index contributed by atoms with van der Waals surface area (Å²) in [6, 6.07) is 0. The van der Waals surface area contributed by atoms with Gasteiger partial charge >= 0.3 is 190 Å². The first kappa shape index (κ1) is 113. The topological polar surface area (TPSA) is 268 Å². The quantitative estimate of drug-likeness (QED) is 0.0188. The summed E-state index contributed by atoms with van der Waals surface area (Å²) in [5.41, 5.74) is -0.917. The number of amides is 2. The third-order valence-electron chi connectivity index (χ3n) is 9.74. The van der Waals surface area contributed by atoms with Crippen molar-refractivity contribution in [3.63, 3.8) is 0 Å². The number of carbonyl (C=O) groups is 4. The first-order valence-corrected chi connectivity index (χ1v) is 26.1. The van der Waals surface area contributed by atoms with Gasteiger partial charge in [-0.05, 0) is 13.8 Å². The maximum atomic E-state index is 14.0. The summed E-state index contributed by atoms with van der Waals surface area (Å²) in [4.78, 5) is 44.9. The number of hydrogen-bond acceptors (Lipinski definition) is 23. The summed E-state index contributed by atoms with van der Waals surface area (Å²) in [5.74, 6) is -9.39. The SMILES string of the molecule is C=C(C)C(=O)OCCNC(=O)C(F)(F)OC(F)(F)OC(F)(F)OC(F)(F)OC(F)(F)OC(F)(F)OC(F)(F)OC(F)(F)OC(F)(F)C(F)(F)OC(F)(F)C(F)(F)OC(F)(F)C(F)(F)OC(F)(F)C(F)(F)OC(F)(F)C(F)(F)OC(F)(F)C(F)(F)OC(F)(F)C(F)(F)OC(F)(F)C(F)(F)OC(F)(F)C(F)(F)OC(F)(F)C(=O)NCCOC(=O)C(=C)C. The van der Waals surface area contributed by atoms with E-state index in [-0.39, 0.29) is 0 Å². The molecule has 0 aliphatic carbocycles. The van der Waals surface area contributed by atoms with E-state index < -0.39 is 227 Å². The second-order valence-corrected chi connectivity index (χ2v) is 19.7. The lowest BCUT2D eigenvalue weighted by molar-refractivity contribution is -0.647. The first-order valence-electron chi connectivity index (χ1n) is 26.1. The molecule has 120 heavy (non-hydrogen) atoms. The Morgan fingerprint density at radius 2 is 0.325 bits per heavy atom. The third kappa shape index (κ3) is 30.4. The predicted molar refractivity (Wildman–Crippen MR) is 230 cm³/mol. The largest absolute Gasteiger partial charge is 0.498 e. The highest BCUT2D eigenvalue weighted by Gasteiger charge is 2.84. The minimum Gasteiger partial charge on any atom is -0.460 e. The summed E-state index contributed by atoms with van der Waals surface area (Å²) < 4.78 is 776. The Labute approximate surface area is 612 Å². The molecule has 0 unspecified atom stereocenters. The Bertz CT molecular complexity index is 3540. The highest BCUT2D eigenvalue weighted by Crippen LogP contribution is 2.58. The second-order valence-electron chi connectivity index (χ2n) is 19.7. The molecule has 0 saturated carbocycles. The number of alkyl halides is 54. The number of halogens is 54. The molecule has 0 radical (unpaired) electrons. The van der Waals surface area contributed by atoms with Gasteiger partial charge in [-0.1, -0.05) is 13.2 Å². The van der Waals surface area contributed by atoms with Gasteiger partial charge in [-0.25, -0.2) is 90.1 Å².